The molecule has 2 fully saturated rings. The molecular weight excluding hydrogens is 427 g/mol. The number of benzene rings is 2. The first-order valence-corrected chi connectivity index (χ1v) is 10.4. The zero-order chi connectivity index (χ0) is 22.7. The van der Waals surface area contributed by atoms with E-state index in [0.717, 1.165) is 24.2 Å². The quantitative estimate of drug-likeness (QED) is 0.680. The number of halogens is 3. The van der Waals surface area contributed by atoms with Crippen LogP contribution in [0.3, 0.4) is 0 Å². The Kier molecular flexibility index (Phi) is 6.57. The third-order valence-electron chi connectivity index (χ3n) is 5.72. The standard InChI is InChI=1S/C23H24F3NO5/c24-23(25,26)16-3-7-19(8-4-16)32-21-11-18(13-31-20-9-10-30-14-20)27(12-21)17-5-1-15(2-6-17)22(28)29/h1-8,18,20-21H,9-14H2,(H,28,29)/t18-,20?,21+/m0/s1. The molecule has 3 atom stereocenters. The van der Waals surface area contributed by atoms with E-state index in [1.165, 1.54) is 12.1 Å². The second kappa shape index (κ2) is 9.38. The van der Waals surface area contributed by atoms with Gasteiger partial charge < -0.3 is 24.2 Å². The summed E-state index contributed by atoms with van der Waals surface area (Å²) in [5.74, 6) is -0.627. The first-order valence-electron chi connectivity index (χ1n) is 10.4. The maximum atomic E-state index is 12.8. The van der Waals surface area contributed by atoms with Gasteiger partial charge in [-0.1, -0.05) is 0 Å². The van der Waals surface area contributed by atoms with Crippen LogP contribution in [0.25, 0.3) is 0 Å². The fraction of sp³-hybridized carbons (Fsp3) is 0.435. The predicted octanol–water partition coefficient (Wildman–Crippen LogP) is 4.24. The summed E-state index contributed by atoms with van der Waals surface area (Å²) in [7, 11) is 0. The van der Waals surface area contributed by atoms with Crippen LogP contribution < -0.4 is 9.64 Å². The lowest BCUT2D eigenvalue weighted by Gasteiger charge is -2.27. The molecule has 2 saturated heterocycles. The lowest BCUT2D eigenvalue weighted by molar-refractivity contribution is -0.137. The van der Waals surface area contributed by atoms with Crippen LogP contribution in [0.2, 0.25) is 0 Å². The van der Waals surface area contributed by atoms with Crippen LogP contribution in [0.15, 0.2) is 48.5 Å². The van der Waals surface area contributed by atoms with Crippen molar-refractivity contribution in [1.82, 2.24) is 0 Å². The number of anilines is 1. The minimum atomic E-state index is -4.39. The molecule has 2 aromatic carbocycles. The number of ether oxygens (including phenoxy) is 3. The maximum Gasteiger partial charge on any atom is 0.416 e. The van der Waals surface area contributed by atoms with E-state index in [0.29, 0.717) is 38.5 Å². The molecule has 0 aromatic heterocycles. The highest BCUT2D eigenvalue weighted by Crippen LogP contribution is 2.32. The van der Waals surface area contributed by atoms with Gasteiger partial charge in [-0.05, 0) is 55.0 Å². The van der Waals surface area contributed by atoms with Crippen molar-refractivity contribution >= 4 is 11.7 Å². The monoisotopic (exact) mass is 451 g/mol. The molecule has 0 spiro atoms. The van der Waals surface area contributed by atoms with Crippen LogP contribution in [0, 0.1) is 0 Å². The third kappa shape index (κ3) is 5.34. The van der Waals surface area contributed by atoms with Gasteiger partial charge in [0.1, 0.15) is 11.9 Å². The second-order valence-corrected chi connectivity index (χ2v) is 7.97. The molecule has 1 unspecified atom stereocenters. The van der Waals surface area contributed by atoms with E-state index in [4.69, 9.17) is 19.3 Å². The fourth-order valence-corrected chi connectivity index (χ4v) is 4.04. The highest BCUT2D eigenvalue weighted by Gasteiger charge is 2.35. The van der Waals surface area contributed by atoms with Gasteiger partial charge in [-0.2, -0.15) is 13.2 Å². The zero-order valence-electron chi connectivity index (χ0n) is 17.3. The summed E-state index contributed by atoms with van der Waals surface area (Å²) in [6, 6.07) is 11.2. The molecule has 32 heavy (non-hydrogen) atoms. The number of nitrogens with zero attached hydrogens (tertiary/aromatic N) is 1. The normalized spacial score (nSPS) is 23.5. The molecule has 1 N–H and O–H groups in total. The van der Waals surface area contributed by atoms with Crippen LogP contribution in [-0.2, 0) is 15.7 Å². The molecular formula is C23H24F3NO5. The average Bonchev–Trinajstić information content (AvgIpc) is 3.42. The van der Waals surface area contributed by atoms with Crippen molar-refractivity contribution in [2.75, 3.05) is 31.3 Å². The van der Waals surface area contributed by atoms with Gasteiger partial charge in [0.05, 0.1) is 43.0 Å². The number of carbonyl (C=O) groups is 1. The summed E-state index contributed by atoms with van der Waals surface area (Å²) in [4.78, 5) is 13.2. The van der Waals surface area contributed by atoms with Crippen LogP contribution >= 0.6 is 0 Å². The van der Waals surface area contributed by atoms with Crippen molar-refractivity contribution in [2.24, 2.45) is 0 Å². The average molecular weight is 451 g/mol. The Morgan fingerprint density at radius 1 is 1.09 bits per heavy atom. The van der Waals surface area contributed by atoms with Gasteiger partial charge in [-0.3, -0.25) is 0 Å². The summed E-state index contributed by atoms with van der Waals surface area (Å²) in [6.45, 7) is 2.19. The molecule has 172 valence electrons. The van der Waals surface area contributed by atoms with Gasteiger partial charge in [0, 0.05) is 18.7 Å². The smallest absolute Gasteiger partial charge is 0.416 e. The van der Waals surface area contributed by atoms with Crippen molar-refractivity contribution in [3.63, 3.8) is 0 Å². The molecule has 0 amide bonds. The van der Waals surface area contributed by atoms with Gasteiger partial charge in [0.25, 0.3) is 0 Å². The summed E-state index contributed by atoms with van der Waals surface area (Å²) in [6.07, 6.45) is -3.14. The summed E-state index contributed by atoms with van der Waals surface area (Å²) < 4.78 is 55.7. The number of carboxylic acids is 1. The number of hydrogen-bond donors (Lipinski definition) is 1. The Bertz CT molecular complexity index is 911. The lowest BCUT2D eigenvalue weighted by atomic mass is 10.1. The summed E-state index contributed by atoms with van der Waals surface area (Å²) in [5.41, 5.74) is 0.313. The Labute approximate surface area is 183 Å². The van der Waals surface area contributed by atoms with E-state index in [2.05, 4.69) is 4.90 Å². The molecule has 0 bridgehead atoms. The van der Waals surface area contributed by atoms with Crippen LogP contribution in [0.5, 0.6) is 5.75 Å². The van der Waals surface area contributed by atoms with Crippen LogP contribution in [0.4, 0.5) is 18.9 Å². The molecule has 6 nitrogen and oxygen atoms in total. The molecule has 2 aromatic rings. The molecule has 4 rings (SSSR count). The largest absolute Gasteiger partial charge is 0.489 e. The topological polar surface area (TPSA) is 68.2 Å². The number of alkyl halides is 3. The first-order chi connectivity index (χ1) is 15.3. The Hall–Kier alpha value is -2.78. The first kappa shape index (κ1) is 22.4. The predicted molar refractivity (Wildman–Crippen MR) is 110 cm³/mol. The van der Waals surface area contributed by atoms with E-state index in [1.54, 1.807) is 24.3 Å². The van der Waals surface area contributed by atoms with Crippen LogP contribution in [-0.4, -0.2) is 55.7 Å². The summed E-state index contributed by atoms with van der Waals surface area (Å²) >= 11 is 0. The van der Waals surface area contributed by atoms with E-state index >= 15 is 0 Å². The highest BCUT2D eigenvalue weighted by molar-refractivity contribution is 5.88. The minimum Gasteiger partial charge on any atom is -0.489 e. The van der Waals surface area contributed by atoms with Crippen molar-refractivity contribution in [2.45, 2.75) is 37.3 Å². The molecule has 2 heterocycles. The number of hydrogen-bond acceptors (Lipinski definition) is 5. The molecule has 9 heteroatoms. The minimum absolute atomic E-state index is 0.0225. The van der Waals surface area contributed by atoms with E-state index < -0.39 is 17.7 Å². The zero-order valence-corrected chi connectivity index (χ0v) is 17.3. The molecule has 0 aliphatic carbocycles. The van der Waals surface area contributed by atoms with Crippen molar-refractivity contribution in [3.05, 3.63) is 59.7 Å². The highest BCUT2D eigenvalue weighted by atomic mass is 19.4. The Balaban J connectivity index is 1.46. The van der Waals surface area contributed by atoms with Gasteiger partial charge in [0.2, 0.25) is 0 Å². The van der Waals surface area contributed by atoms with Gasteiger partial charge in [-0.25, -0.2) is 4.79 Å². The van der Waals surface area contributed by atoms with E-state index in [1.807, 2.05) is 0 Å². The second-order valence-electron chi connectivity index (χ2n) is 7.97. The van der Waals surface area contributed by atoms with Crippen LogP contribution in [0.1, 0.15) is 28.8 Å². The van der Waals surface area contributed by atoms with Crippen molar-refractivity contribution in [1.29, 1.82) is 0 Å². The number of rotatable bonds is 7. The molecule has 0 radical (unpaired) electrons. The van der Waals surface area contributed by atoms with Gasteiger partial charge >= 0.3 is 12.1 Å². The maximum absolute atomic E-state index is 12.8. The summed E-state index contributed by atoms with van der Waals surface area (Å²) in [5, 5.41) is 9.14. The number of aromatic carboxylic acids is 1. The Morgan fingerprint density at radius 3 is 2.41 bits per heavy atom. The van der Waals surface area contributed by atoms with Gasteiger partial charge in [-0.15, -0.1) is 0 Å². The van der Waals surface area contributed by atoms with E-state index in [9.17, 15) is 18.0 Å². The van der Waals surface area contributed by atoms with E-state index in [-0.39, 0.29) is 23.8 Å². The lowest BCUT2D eigenvalue weighted by Crippen LogP contribution is -2.35. The third-order valence-corrected chi connectivity index (χ3v) is 5.72. The Morgan fingerprint density at radius 2 is 1.81 bits per heavy atom. The molecule has 2 aliphatic heterocycles. The molecule has 2 aliphatic rings. The van der Waals surface area contributed by atoms with Gasteiger partial charge in [0.15, 0.2) is 0 Å². The SMILES string of the molecule is O=C(O)c1ccc(N2C[C@H](Oc3ccc(C(F)(F)F)cc3)C[C@H]2COC2CCOC2)cc1. The fourth-order valence-electron chi connectivity index (χ4n) is 4.04. The molecule has 0 saturated carbocycles. The van der Waals surface area contributed by atoms with Crippen molar-refractivity contribution in [3.8, 4) is 5.75 Å². The van der Waals surface area contributed by atoms with Crippen molar-refractivity contribution < 1.29 is 37.3 Å². The number of carboxylic acid groups (broad SMARTS) is 1.